The Morgan fingerprint density at radius 1 is 1.28 bits per heavy atom. The largest absolute Gasteiger partial charge is 0.504 e. The van der Waals surface area contributed by atoms with Crippen LogP contribution in [0.3, 0.4) is 0 Å². The molecule has 0 radical (unpaired) electrons. The number of rotatable bonds is 5. The topological polar surface area (TPSA) is 136 Å². The SMILES string of the molecule is NC(CO)C(=O)NCCc1cc(O)c(O)c(O)c1. The van der Waals surface area contributed by atoms with Crippen LogP contribution in [0.25, 0.3) is 0 Å². The lowest BCUT2D eigenvalue weighted by Crippen LogP contribution is -2.43. The highest BCUT2D eigenvalue weighted by Gasteiger charge is 2.12. The predicted molar refractivity (Wildman–Crippen MR) is 63.2 cm³/mol. The molecule has 7 nitrogen and oxygen atoms in total. The van der Waals surface area contributed by atoms with E-state index in [0.29, 0.717) is 12.0 Å². The lowest BCUT2D eigenvalue weighted by molar-refractivity contribution is -0.123. The second-order valence-electron chi connectivity index (χ2n) is 3.81. The second-order valence-corrected chi connectivity index (χ2v) is 3.81. The van der Waals surface area contributed by atoms with E-state index in [1.54, 1.807) is 0 Å². The van der Waals surface area contributed by atoms with Gasteiger partial charge in [-0.1, -0.05) is 0 Å². The summed E-state index contributed by atoms with van der Waals surface area (Å²) in [6, 6.07) is 1.60. The fourth-order valence-electron chi connectivity index (χ4n) is 1.35. The number of benzene rings is 1. The summed E-state index contributed by atoms with van der Waals surface area (Å²) in [5.41, 5.74) is 5.83. The van der Waals surface area contributed by atoms with E-state index < -0.39 is 35.8 Å². The van der Waals surface area contributed by atoms with Crippen molar-refractivity contribution in [3.8, 4) is 17.2 Å². The van der Waals surface area contributed by atoms with Gasteiger partial charge in [0.25, 0.3) is 0 Å². The summed E-state index contributed by atoms with van der Waals surface area (Å²) in [4.78, 5) is 11.2. The van der Waals surface area contributed by atoms with Gasteiger partial charge < -0.3 is 31.5 Å². The fraction of sp³-hybridized carbons (Fsp3) is 0.364. The Hall–Kier alpha value is -1.99. The molecule has 1 aromatic rings. The van der Waals surface area contributed by atoms with Crippen LogP contribution in [0.1, 0.15) is 5.56 Å². The van der Waals surface area contributed by atoms with Crippen molar-refractivity contribution >= 4 is 5.91 Å². The van der Waals surface area contributed by atoms with E-state index in [4.69, 9.17) is 15.9 Å². The zero-order chi connectivity index (χ0) is 13.7. The Morgan fingerprint density at radius 3 is 2.33 bits per heavy atom. The Morgan fingerprint density at radius 2 is 1.83 bits per heavy atom. The third-order valence-electron chi connectivity index (χ3n) is 2.38. The van der Waals surface area contributed by atoms with E-state index in [1.807, 2.05) is 0 Å². The maximum Gasteiger partial charge on any atom is 0.239 e. The van der Waals surface area contributed by atoms with Gasteiger partial charge in [-0.05, 0) is 24.1 Å². The maximum atomic E-state index is 11.2. The number of aliphatic hydroxyl groups is 1. The first-order valence-corrected chi connectivity index (χ1v) is 5.33. The first-order chi connectivity index (χ1) is 8.45. The van der Waals surface area contributed by atoms with Crippen LogP contribution in [0.15, 0.2) is 12.1 Å². The molecule has 7 heteroatoms. The summed E-state index contributed by atoms with van der Waals surface area (Å²) in [6.45, 7) is -0.206. The van der Waals surface area contributed by atoms with Gasteiger partial charge in [0.05, 0.1) is 6.61 Å². The molecule has 0 spiro atoms. The molecule has 0 aliphatic carbocycles. The molecule has 0 saturated carbocycles. The van der Waals surface area contributed by atoms with Crippen LogP contribution in [-0.4, -0.2) is 45.5 Å². The normalized spacial score (nSPS) is 12.1. The van der Waals surface area contributed by atoms with Gasteiger partial charge in [0, 0.05) is 6.54 Å². The van der Waals surface area contributed by atoms with Crippen molar-refractivity contribution in [3.63, 3.8) is 0 Å². The van der Waals surface area contributed by atoms with Crippen LogP contribution >= 0.6 is 0 Å². The van der Waals surface area contributed by atoms with Crippen LogP contribution in [0.4, 0.5) is 0 Å². The quantitative estimate of drug-likeness (QED) is 0.365. The van der Waals surface area contributed by atoms with E-state index in [-0.39, 0.29) is 6.54 Å². The standard InChI is InChI=1S/C11H16N2O5/c12-7(5-14)11(18)13-2-1-6-3-8(15)10(17)9(16)4-6/h3-4,7,14-17H,1-2,5,12H2,(H,13,18). The first kappa shape index (κ1) is 14.1. The van der Waals surface area contributed by atoms with Crippen LogP contribution in [0, 0.1) is 0 Å². The number of hydrogen-bond acceptors (Lipinski definition) is 6. The molecular formula is C11H16N2O5. The molecule has 1 aromatic carbocycles. The molecule has 100 valence electrons. The molecular weight excluding hydrogens is 240 g/mol. The Kier molecular flexibility index (Phi) is 4.75. The number of aromatic hydroxyl groups is 3. The number of amides is 1. The van der Waals surface area contributed by atoms with Gasteiger partial charge in [-0.15, -0.1) is 0 Å². The number of carbonyl (C=O) groups excluding carboxylic acids is 1. The van der Waals surface area contributed by atoms with Crippen LogP contribution in [0.5, 0.6) is 17.2 Å². The molecule has 1 rings (SSSR count). The van der Waals surface area contributed by atoms with Crippen LogP contribution < -0.4 is 11.1 Å². The number of nitrogens with one attached hydrogen (secondary N) is 1. The van der Waals surface area contributed by atoms with E-state index >= 15 is 0 Å². The van der Waals surface area contributed by atoms with Gasteiger partial charge in [-0.25, -0.2) is 0 Å². The van der Waals surface area contributed by atoms with Crippen LogP contribution in [0.2, 0.25) is 0 Å². The van der Waals surface area contributed by atoms with E-state index in [2.05, 4.69) is 5.32 Å². The molecule has 0 aromatic heterocycles. The van der Waals surface area contributed by atoms with Crippen molar-refractivity contribution in [2.24, 2.45) is 5.73 Å². The minimum Gasteiger partial charge on any atom is -0.504 e. The number of phenolic OH excluding ortho intramolecular Hbond substituents is 3. The number of carbonyl (C=O) groups is 1. The average Bonchev–Trinajstić information content (AvgIpc) is 2.34. The minimum atomic E-state index is -0.966. The highest BCUT2D eigenvalue weighted by atomic mass is 16.3. The lowest BCUT2D eigenvalue weighted by Gasteiger charge is -2.10. The maximum absolute atomic E-state index is 11.2. The van der Waals surface area contributed by atoms with Gasteiger partial charge in [-0.2, -0.15) is 0 Å². The van der Waals surface area contributed by atoms with Gasteiger partial charge >= 0.3 is 0 Å². The first-order valence-electron chi connectivity index (χ1n) is 5.33. The van der Waals surface area contributed by atoms with Crippen LogP contribution in [-0.2, 0) is 11.2 Å². The molecule has 0 aliphatic heterocycles. The van der Waals surface area contributed by atoms with Crippen molar-refractivity contribution < 1.29 is 25.2 Å². The molecule has 0 bridgehead atoms. The second kappa shape index (κ2) is 6.08. The molecule has 0 fully saturated rings. The zero-order valence-electron chi connectivity index (χ0n) is 9.63. The molecule has 1 atom stereocenters. The summed E-state index contributed by atoms with van der Waals surface area (Å²) in [5.74, 6) is -1.92. The summed E-state index contributed by atoms with van der Waals surface area (Å²) in [6.07, 6.45) is 0.339. The average molecular weight is 256 g/mol. The minimum absolute atomic E-state index is 0.232. The third-order valence-corrected chi connectivity index (χ3v) is 2.38. The fourth-order valence-corrected chi connectivity index (χ4v) is 1.35. The van der Waals surface area contributed by atoms with Gasteiger partial charge in [0.2, 0.25) is 5.91 Å². The van der Waals surface area contributed by atoms with E-state index in [0.717, 1.165) is 0 Å². The Labute approximate surface area is 103 Å². The number of phenols is 3. The predicted octanol–water partition coefficient (Wildman–Crippen LogP) is -1.22. The highest BCUT2D eigenvalue weighted by molar-refractivity contribution is 5.81. The van der Waals surface area contributed by atoms with Crippen molar-refractivity contribution in [2.45, 2.75) is 12.5 Å². The van der Waals surface area contributed by atoms with Gasteiger partial charge in [0.15, 0.2) is 17.2 Å². The third kappa shape index (κ3) is 3.51. The number of aliphatic hydroxyl groups excluding tert-OH is 1. The lowest BCUT2D eigenvalue weighted by atomic mass is 10.1. The number of hydrogen-bond donors (Lipinski definition) is 6. The molecule has 7 N–H and O–H groups in total. The number of nitrogens with two attached hydrogens (primary N) is 1. The van der Waals surface area contributed by atoms with Crippen molar-refractivity contribution in [3.05, 3.63) is 17.7 Å². The van der Waals surface area contributed by atoms with Gasteiger partial charge in [-0.3, -0.25) is 4.79 Å². The smallest absolute Gasteiger partial charge is 0.239 e. The molecule has 1 amide bonds. The molecule has 0 aliphatic rings. The van der Waals surface area contributed by atoms with E-state index in [1.165, 1.54) is 12.1 Å². The van der Waals surface area contributed by atoms with Crippen molar-refractivity contribution in [1.29, 1.82) is 0 Å². The van der Waals surface area contributed by atoms with Gasteiger partial charge in [0.1, 0.15) is 6.04 Å². The molecule has 0 heterocycles. The Bertz CT molecular complexity index is 412. The summed E-state index contributed by atoms with van der Waals surface area (Å²) < 4.78 is 0. The molecule has 0 saturated heterocycles. The zero-order valence-corrected chi connectivity index (χ0v) is 9.63. The highest BCUT2D eigenvalue weighted by Crippen LogP contribution is 2.35. The molecule has 1 unspecified atom stereocenters. The van der Waals surface area contributed by atoms with E-state index in [9.17, 15) is 15.0 Å². The summed E-state index contributed by atoms with van der Waals surface area (Å²) in [7, 11) is 0. The Balaban J connectivity index is 2.52. The van der Waals surface area contributed by atoms with Crippen molar-refractivity contribution in [1.82, 2.24) is 5.32 Å². The summed E-state index contributed by atoms with van der Waals surface area (Å²) >= 11 is 0. The van der Waals surface area contributed by atoms with Crippen molar-refractivity contribution in [2.75, 3.05) is 13.2 Å². The molecule has 18 heavy (non-hydrogen) atoms. The monoisotopic (exact) mass is 256 g/mol. The summed E-state index contributed by atoms with van der Waals surface area (Å²) in [5, 5.41) is 38.8.